The Morgan fingerprint density at radius 1 is 1.08 bits per heavy atom. The van der Waals surface area contributed by atoms with E-state index in [0.29, 0.717) is 0 Å². The number of thiophene rings is 1. The molecule has 0 aliphatic rings. The molecule has 1 radical (unpaired) electrons. The summed E-state index contributed by atoms with van der Waals surface area (Å²) in [6.07, 6.45) is 4.87. The Labute approximate surface area is 161 Å². The van der Waals surface area contributed by atoms with Crippen LogP contribution in [0.5, 0.6) is 0 Å². The van der Waals surface area contributed by atoms with Crippen LogP contribution in [-0.2, 0) is 20.1 Å². The van der Waals surface area contributed by atoms with Crippen LogP contribution in [0.3, 0.4) is 0 Å². The van der Waals surface area contributed by atoms with Crippen LogP contribution >= 0.6 is 11.3 Å². The SMILES string of the molecule is Fc1c[c-]c(-n2cccn2)c(F)c1.[Ir].[c-]1ccsc1-c1ccccn1. The average Bonchev–Trinajstić information content (AvgIpc) is 3.30. The third-order valence-electron chi connectivity index (χ3n) is 2.94. The van der Waals surface area contributed by atoms with Crippen LogP contribution in [0.2, 0.25) is 0 Å². The van der Waals surface area contributed by atoms with Gasteiger partial charge < -0.3 is 4.98 Å². The summed E-state index contributed by atoms with van der Waals surface area (Å²) in [6.45, 7) is 0. The Morgan fingerprint density at radius 2 is 1.96 bits per heavy atom. The Morgan fingerprint density at radius 3 is 2.56 bits per heavy atom. The molecule has 1 aromatic carbocycles. The third-order valence-corrected chi connectivity index (χ3v) is 3.77. The number of halogens is 2. The van der Waals surface area contributed by atoms with Gasteiger partial charge >= 0.3 is 0 Å². The predicted molar refractivity (Wildman–Crippen MR) is 88.7 cm³/mol. The first kappa shape index (κ1) is 19.1. The first-order valence-electron chi connectivity index (χ1n) is 6.97. The van der Waals surface area contributed by atoms with Crippen LogP contribution in [0.15, 0.2) is 66.4 Å². The van der Waals surface area contributed by atoms with E-state index in [2.05, 4.69) is 22.2 Å². The second kappa shape index (κ2) is 9.32. The van der Waals surface area contributed by atoms with Crippen molar-refractivity contribution < 1.29 is 28.9 Å². The van der Waals surface area contributed by atoms with Gasteiger partial charge in [0.25, 0.3) is 0 Å². The molecule has 4 aromatic rings. The number of aromatic nitrogens is 3. The molecular formula is C18H11F2IrN3S-2. The molecule has 0 spiro atoms. The minimum absolute atomic E-state index is 0. The number of nitrogens with zero attached hydrogens (tertiary/aromatic N) is 3. The zero-order chi connectivity index (χ0) is 16.8. The maximum absolute atomic E-state index is 13.1. The number of hydrogen-bond acceptors (Lipinski definition) is 3. The van der Waals surface area contributed by atoms with Gasteiger partial charge in [-0.05, 0) is 23.5 Å². The van der Waals surface area contributed by atoms with Crippen LogP contribution in [0, 0.1) is 23.8 Å². The number of pyridine rings is 1. The van der Waals surface area contributed by atoms with E-state index in [1.165, 1.54) is 10.9 Å². The molecule has 0 bridgehead atoms. The molecule has 0 aliphatic carbocycles. The summed E-state index contributed by atoms with van der Waals surface area (Å²) in [4.78, 5) is 5.30. The van der Waals surface area contributed by atoms with Crippen molar-refractivity contribution in [3.05, 3.63) is 90.2 Å². The van der Waals surface area contributed by atoms with Gasteiger partial charge in [0.1, 0.15) is 0 Å². The van der Waals surface area contributed by atoms with Gasteiger partial charge in [0.05, 0.1) is 0 Å². The molecule has 3 nitrogen and oxygen atoms in total. The van der Waals surface area contributed by atoms with E-state index < -0.39 is 11.6 Å². The van der Waals surface area contributed by atoms with Crippen LogP contribution in [0.25, 0.3) is 16.3 Å². The first-order chi connectivity index (χ1) is 11.7. The van der Waals surface area contributed by atoms with Crippen LogP contribution in [-0.4, -0.2) is 14.8 Å². The molecule has 129 valence electrons. The van der Waals surface area contributed by atoms with Crippen molar-refractivity contribution in [2.75, 3.05) is 0 Å². The molecular weight excluding hydrogens is 520 g/mol. The quantitative estimate of drug-likeness (QED) is 0.355. The van der Waals surface area contributed by atoms with Gasteiger partial charge in [-0.2, -0.15) is 23.3 Å². The summed E-state index contributed by atoms with van der Waals surface area (Å²) < 4.78 is 26.9. The van der Waals surface area contributed by atoms with E-state index in [1.807, 2.05) is 29.6 Å². The number of hydrogen-bond donors (Lipinski definition) is 0. The number of rotatable bonds is 2. The molecule has 0 aliphatic heterocycles. The van der Waals surface area contributed by atoms with Crippen molar-refractivity contribution in [2.45, 2.75) is 0 Å². The molecule has 0 saturated carbocycles. The molecule has 3 aromatic heterocycles. The summed E-state index contributed by atoms with van der Waals surface area (Å²) in [5.41, 5.74) is 1.12. The molecule has 0 fully saturated rings. The van der Waals surface area contributed by atoms with Crippen LogP contribution in [0.4, 0.5) is 8.78 Å². The Hall–Kier alpha value is -2.21. The maximum atomic E-state index is 13.1. The molecule has 7 heteroatoms. The first-order valence-corrected chi connectivity index (χ1v) is 7.85. The molecule has 0 N–H and O–H groups in total. The van der Waals surface area contributed by atoms with E-state index in [-0.39, 0.29) is 25.8 Å². The largest absolute Gasteiger partial charge is 0.319 e. The Balaban J connectivity index is 0.000000175. The zero-order valence-corrected chi connectivity index (χ0v) is 15.9. The molecule has 0 atom stereocenters. The Kier molecular flexibility index (Phi) is 7.13. The van der Waals surface area contributed by atoms with E-state index in [4.69, 9.17) is 0 Å². The van der Waals surface area contributed by atoms with Crippen molar-refractivity contribution in [1.29, 1.82) is 0 Å². The fourth-order valence-corrected chi connectivity index (χ4v) is 2.54. The topological polar surface area (TPSA) is 30.7 Å². The second-order valence-electron chi connectivity index (χ2n) is 4.57. The van der Waals surface area contributed by atoms with Gasteiger partial charge in [0.15, 0.2) is 0 Å². The average molecular weight is 532 g/mol. The van der Waals surface area contributed by atoms with Crippen molar-refractivity contribution >= 4 is 11.3 Å². The zero-order valence-electron chi connectivity index (χ0n) is 12.7. The Bertz CT molecular complexity index is 882. The fourth-order valence-electron chi connectivity index (χ4n) is 1.89. The maximum Gasteiger partial charge on any atom is 0.0493 e. The van der Waals surface area contributed by atoms with Gasteiger partial charge in [-0.1, -0.05) is 17.0 Å². The van der Waals surface area contributed by atoms with E-state index in [9.17, 15) is 8.78 Å². The van der Waals surface area contributed by atoms with E-state index in [1.54, 1.807) is 29.8 Å². The summed E-state index contributed by atoms with van der Waals surface area (Å²) in [5.74, 6) is -1.32. The molecule has 0 unspecified atom stereocenters. The van der Waals surface area contributed by atoms with Crippen molar-refractivity contribution in [3.63, 3.8) is 0 Å². The minimum atomic E-state index is -0.677. The minimum Gasteiger partial charge on any atom is -0.319 e. The van der Waals surface area contributed by atoms with Gasteiger partial charge in [-0.15, -0.1) is 17.5 Å². The van der Waals surface area contributed by atoms with Crippen molar-refractivity contribution in [2.24, 2.45) is 0 Å². The fraction of sp³-hybridized carbons (Fsp3) is 0. The van der Waals surface area contributed by atoms with E-state index in [0.717, 1.165) is 22.7 Å². The number of benzene rings is 1. The van der Waals surface area contributed by atoms with Crippen LogP contribution < -0.4 is 0 Å². The molecule has 0 saturated heterocycles. The second-order valence-corrected chi connectivity index (χ2v) is 5.49. The molecule has 25 heavy (non-hydrogen) atoms. The smallest absolute Gasteiger partial charge is 0.0493 e. The normalized spacial score (nSPS) is 9.68. The third kappa shape index (κ3) is 5.13. The molecule has 3 heterocycles. The predicted octanol–water partition coefficient (Wildman–Crippen LogP) is 4.56. The molecule has 4 rings (SSSR count). The van der Waals surface area contributed by atoms with Crippen LogP contribution in [0.1, 0.15) is 0 Å². The summed E-state index contributed by atoms with van der Waals surface area (Å²) in [5, 5.41) is 5.80. The van der Waals surface area contributed by atoms with Gasteiger partial charge in [-0.25, -0.2) is 11.3 Å². The van der Waals surface area contributed by atoms with Gasteiger partial charge in [0.2, 0.25) is 0 Å². The van der Waals surface area contributed by atoms with Gasteiger partial charge in [-0.3, -0.25) is 13.5 Å². The summed E-state index contributed by atoms with van der Waals surface area (Å²) in [6, 6.07) is 16.9. The van der Waals surface area contributed by atoms with Gasteiger partial charge in [0, 0.05) is 50.3 Å². The van der Waals surface area contributed by atoms with E-state index >= 15 is 0 Å². The van der Waals surface area contributed by atoms with Crippen molar-refractivity contribution in [3.8, 4) is 16.3 Å². The summed E-state index contributed by atoms with van der Waals surface area (Å²) >= 11 is 1.66. The molecule has 0 amide bonds. The standard InChI is InChI=1S/C9H5F2N2.C9H6NS.Ir/c10-7-2-3-9(8(11)6-7)13-5-1-4-12-13;1-2-6-10-8(4-1)9-5-3-7-11-9;/h1-2,4-6H;1-4,6-7H;/q2*-1;. The monoisotopic (exact) mass is 532 g/mol. The summed E-state index contributed by atoms with van der Waals surface area (Å²) in [7, 11) is 0. The van der Waals surface area contributed by atoms with Crippen molar-refractivity contribution in [1.82, 2.24) is 14.8 Å².